The maximum atomic E-state index is 12.1. The average Bonchev–Trinajstić information content (AvgIpc) is 2.98. The zero-order valence-corrected chi connectivity index (χ0v) is 14.0. The molecule has 1 atom stereocenters. The lowest BCUT2D eigenvalue weighted by molar-refractivity contribution is -0.127. The highest BCUT2D eigenvalue weighted by atomic mass is 16.5. The van der Waals surface area contributed by atoms with E-state index in [1.54, 1.807) is 6.92 Å². The van der Waals surface area contributed by atoms with E-state index < -0.39 is 6.10 Å². The van der Waals surface area contributed by atoms with E-state index in [9.17, 15) is 4.79 Å². The number of hydrogen-bond acceptors (Lipinski definition) is 2. The van der Waals surface area contributed by atoms with Gasteiger partial charge in [0.05, 0.1) is 0 Å². The fourth-order valence-electron chi connectivity index (χ4n) is 2.72. The molecule has 1 unspecified atom stereocenters. The summed E-state index contributed by atoms with van der Waals surface area (Å²) < 4.78 is 5.63. The van der Waals surface area contributed by atoms with Gasteiger partial charge in [-0.1, -0.05) is 29.8 Å². The smallest absolute Gasteiger partial charge is 0.260 e. The number of rotatable bonds is 6. The van der Waals surface area contributed by atoms with Crippen molar-refractivity contribution in [3.05, 3.63) is 65.9 Å². The van der Waals surface area contributed by atoms with Gasteiger partial charge in [-0.15, -0.1) is 0 Å². The van der Waals surface area contributed by atoms with Gasteiger partial charge in [0.2, 0.25) is 0 Å². The molecular formula is C20H22N2O2. The third-order valence-electron chi connectivity index (χ3n) is 4.04. The van der Waals surface area contributed by atoms with Crippen molar-refractivity contribution in [2.75, 3.05) is 6.54 Å². The molecule has 0 aliphatic rings. The monoisotopic (exact) mass is 322 g/mol. The molecule has 3 aromatic rings. The molecule has 0 spiro atoms. The van der Waals surface area contributed by atoms with Crippen molar-refractivity contribution < 1.29 is 9.53 Å². The minimum absolute atomic E-state index is 0.102. The summed E-state index contributed by atoms with van der Waals surface area (Å²) >= 11 is 0. The molecule has 3 rings (SSSR count). The van der Waals surface area contributed by atoms with Crippen molar-refractivity contribution in [2.45, 2.75) is 26.4 Å². The van der Waals surface area contributed by atoms with E-state index in [0.29, 0.717) is 12.3 Å². The number of fused-ring (bicyclic) bond motifs is 1. The van der Waals surface area contributed by atoms with Gasteiger partial charge in [-0.05, 0) is 50.1 Å². The van der Waals surface area contributed by atoms with Crippen LogP contribution in [-0.4, -0.2) is 23.5 Å². The van der Waals surface area contributed by atoms with Crippen LogP contribution in [0, 0.1) is 6.92 Å². The molecule has 0 aliphatic heterocycles. The summed E-state index contributed by atoms with van der Waals surface area (Å²) in [5, 5.41) is 4.16. The molecule has 4 heteroatoms. The Morgan fingerprint density at radius 1 is 1.21 bits per heavy atom. The maximum absolute atomic E-state index is 12.1. The van der Waals surface area contributed by atoms with Crippen molar-refractivity contribution in [3.63, 3.8) is 0 Å². The molecule has 1 aromatic heterocycles. The number of carbonyl (C=O) groups excluding carboxylic acids is 1. The molecule has 0 saturated carbocycles. The highest BCUT2D eigenvalue weighted by molar-refractivity contribution is 5.84. The van der Waals surface area contributed by atoms with Gasteiger partial charge in [0, 0.05) is 23.6 Å². The molecule has 2 N–H and O–H groups in total. The predicted molar refractivity (Wildman–Crippen MR) is 96.3 cm³/mol. The third kappa shape index (κ3) is 3.77. The van der Waals surface area contributed by atoms with E-state index in [2.05, 4.69) is 35.4 Å². The first kappa shape index (κ1) is 16.1. The Labute approximate surface area is 141 Å². The highest BCUT2D eigenvalue weighted by Crippen LogP contribution is 2.19. The van der Waals surface area contributed by atoms with Crippen molar-refractivity contribution in [1.29, 1.82) is 0 Å². The summed E-state index contributed by atoms with van der Waals surface area (Å²) in [7, 11) is 0. The molecule has 0 radical (unpaired) electrons. The van der Waals surface area contributed by atoms with Crippen LogP contribution >= 0.6 is 0 Å². The SMILES string of the molecule is Cc1ccc2[nH]cc(CCNC(=O)C(C)Oc3ccccc3)c2c1. The average molecular weight is 322 g/mol. The van der Waals surface area contributed by atoms with E-state index in [1.165, 1.54) is 16.5 Å². The highest BCUT2D eigenvalue weighted by Gasteiger charge is 2.14. The van der Waals surface area contributed by atoms with Crippen LogP contribution in [0.3, 0.4) is 0 Å². The third-order valence-corrected chi connectivity index (χ3v) is 4.04. The number of H-pyrrole nitrogens is 1. The van der Waals surface area contributed by atoms with Gasteiger partial charge in [0.1, 0.15) is 5.75 Å². The number of benzene rings is 2. The number of nitrogens with one attached hydrogen (secondary N) is 2. The summed E-state index contributed by atoms with van der Waals surface area (Å²) in [6.45, 7) is 4.43. The van der Waals surface area contributed by atoms with E-state index in [0.717, 1.165) is 11.9 Å². The molecule has 124 valence electrons. The quantitative estimate of drug-likeness (QED) is 0.728. The number of aromatic nitrogens is 1. The Balaban J connectivity index is 1.53. The minimum Gasteiger partial charge on any atom is -0.481 e. The van der Waals surface area contributed by atoms with Gasteiger partial charge >= 0.3 is 0 Å². The number of hydrogen-bond donors (Lipinski definition) is 2. The number of para-hydroxylation sites is 1. The fourth-order valence-corrected chi connectivity index (χ4v) is 2.72. The van der Waals surface area contributed by atoms with Crippen LogP contribution < -0.4 is 10.1 Å². The van der Waals surface area contributed by atoms with Crippen LogP contribution in [-0.2, 0) is 11.2 Å². The number of aromatic amines is 1. The molecule has 0 aliphatic carbocycles. The van der Waals surface area contributed by atoms with Crippen LogP contribution in [0.4, 0.5) is 0 Å². The number of amides is 1. The normalized spacial score (nSPS) is 12.1. The van der Waals surface area contributed by atoms with Gasteiger partial charge in [0.15, 0.2) is 6.10 Å². The van der Waals surface area contributed by atoms with Crippen LogP contribution in [0.1, 0.15) is 18.1 Å². The van der Waals surface area contributed by atoms with Gasteiger partial charge in [-0.3, -0.25) is 4.79 Å². The zero-order valence-electron chi connectivity index (χ0n) is 14.0. The Hall–Kier alpha value is -2.75. The lowest BCUT2D eigenvalue weighted by atomic mass is 10.1. The van der Waals surface area contributed by atoms with Crippen molar-refractivity contribution in [2.24, 2.45) is 0 Å². The minimum atomic E-state index is -0.516. The molecule has 24 heavy (non-hydrogen) atoms. The van der Waals surface area contributed by atoms with Gasteiger partial charge < -0.3 is 15.0 Å². The molecular weight excluding hydrogens is 300 g/mol. The largest absolute Gasteiger partial charge is 0.481 e. The summed E-state index contributed by atoms with van der Waals surface area (Å²) in [4.78, 5) is 15.4. The van der Waals surface area contributed by atoms with Crippen molar-refractivity contribution in [3.8, 4) is 5.75 Å². The maximum Gasteiger partial charge on any atom is 0.260 e. The molecule has 0 fully saturated rings. The number of aryl methyl sites for hydroxylation is 1. The van der Waals surface area contributed by atoms with Crippen molar-refractivity contribution >= 4 is 16.8 Å². The number of carbonyl (C=O) groups is 1. The Morgan fingerprint density at radius 3 is 2.79 bits per heavy atom. The van der Waals surface area contributed by atoms with Crippen LogP contribution in [0.2, 0.25) is 0 Å². The first-order valence-corrected chi connectivity index (χ1v) is 8.19. The lowest BCUT2D eigenvalue weighted by Gasteiger charge is -2.14. The number of ether oxygens (including phenoxy) is 1. The standard InChI is InChI=1S/C20H22N2O2/c1-14-8-9-19-18(12-14)16(13-22-19)10-11-21-20(23)15(2)24-17-6-4-3-5-7-17/h3-9,12-13,15,22H,10-11H2,1-2H3,(H,21,23). The summed E-state index contributed by atoms with van der Waals surface area (Å²) in [6, 6.07) is 15.7. The fraction of sp³-hybridized carbons (Fsp3) is 0.250. The first-order chi connectivity index (χ1) is 11.6. The van der Waals surface area contributed by atoms with Gasteiger partial charge in [0.25, 0.3) is 5.91 Å². The van der Waals surface area contributed by atoms with Crippen LogP contribution in [0.5, 0.6) is 5.75 Å². The molecule has 0 bridgehead atoms. The van der Waals surface area contributed by atoms with Crippen molar-refractivity contribution in [1.82, 2.24) is 10.3 Å². The Morgan fingerprint density at radius 2 is 2.00 bits per heavy atom. The second-order valence-electron chi connectivity index (χ2n) is 5.98. The molecule has 2 aromatic carbocycles. The van der Waals surface area contributed by atoms with Crippen LogP contribution in [0.25, 0.3) is 10.9 Å². The predicted octanol–water partition coefficient (Wildman–Crippen LogP) is 3.60. The molecule has 4 nitrogen and oxygen atoms in total. The summed E-state index contributed by atoms with van der Waals surface area (Å²) in [5.74, 6) is 0.599. The molecule has 0 saturated heterocycles. The van der Waals surface area contributed by atoms with E-state index >= 15 is 0 Å². The van der Waals surface area contributed by atoms with E-state index in [4.69, 9.17) is 4.74 Å². The summed E-state index contributed by atoms with van der Waals surface area (Å²) in [6.07, 6.45) is 2.28. The Kier molecular flexibility index (Phi) is 4.85. The van der Waals surface area contributed by atoms with E-state index in [1.807, 2.05) is 36.5 Å². The second kappa shape index (κ2) is 7.21. The van der Waals surface area contributed by atoms with Gasteiger partial charge in [-0.2, -0.15) is 0 Å². The second-order valence-corrected chi connectivity index (χ2v) is 5.98. The topological polar surface area (TPSA) is 54.1 Å². The Bertz CT molecular complexity index is 824. The molecule has 1 heterocycles. The van der Waals surface area contributed by atoms with E-state index in [-0.39, 0.29) is 5.91 Å². The lowest BCUT2D eigenvalue weighted by Crippen LogP contribution is -2.37. The first-order valence-electron chi connectivity index (χ1n) is 8.19. The van der Waals surface area contributed by atoms with Crippen LogP contribution in [0.15, 0.2) is 54.7 Å². The zero-order chi connectivity index (χ0) is 16.9. The molecule has 1 amide bonds. The summed E-state index contributed by atoms with van der Waals surface area (Å²) in [5.41, 5.74) is 3.57. The van der Waals surface area contributed by atoms with Gasteiger partial charge in [-0.25, -0.2) is 0 Å².